The quantitative estimate of drug-likeness (QED) is 0.613. The Bertz CT molecular complexity index is 827. The van der Waals surface area contributed by atoms with Crippen molar-refractivity contribution < 1.29 is 23.6 Å². The maximum absolute atomic E-state index is 14.0. The Hall–Kier alpha value is -3.21. The molecule has 7 nitrogen and oxygen atoms in total. The Balaban J connectivity index is 1.95. The molecular weight excluding hydrogens is 317 g/mol. The Morgan fingerprint density at radius 2 is 1.92 bits per heavy atom. The standard InChI is InChI=1S/C16H12FN3O4/c1-2-5-18-11-7-9-8(6-10(11)17)15(23)20(16(9)24)12-3-4-13(21)19-14(12)22/h1,6-7,12,18H,3-5H2,(H,19,21,22). The second-order valence-electron chi connectivity index (χ2n) is 5.38. The lowest BCUT2D eigenvalue weighted by Gasteiger charge is -2.27. The third-order valence-corrected chi connectivity index (χ3v) is 3.91. The van der Waals surface area contributed by atoms with Gasteiger partial charge in [0.05, 0.1) is 23.4 Å². The van der Waals surface area contributed by atoms with Gasteiger partial charge in [-0.3, -0.25) is 29.4 Å². The number of imide groups is 2. The second kappa shape index (κ2) is 5.77. The fourth-order valence-corrected chi connectivity index (χ4v) is 2.77. The van der Waals surface area contributed by atoms with E-state index in [9.17, 15) is 23.6 Å². The number of carbonyl (C=O) groups excluding carboxylic acids is 4. The largest absolute Gasteiger partial charge is 0.372 e. The number of amides is 4. The summed E-state index contributed by atoms with van der Waals surface area (Å²) in [4.78, 5) is 48.9. The molecule has 3 rings (SSSR count). The fourth-order valence-electron chi connectivity index (χ4n) is 2.77. The summed E-state index contributed by atoms with van der Waals surface area (Å²) in [5.41, 5.74) is -0.128. The lowest BCUT2D eigenvalue weighted by atomic mass is 10.0. The highest BCUT2D eigenvalue weighted by atomic mass is 19.1. The number of piperidine rings is 1. The van der Waals surface area contributed by atoms with Gasteiger partial charge in [0.2, 0.25) is 11.8 Å². The molecule has 0 radical (unpaired) electrons. The normalized spacial score (nSPS) is 19.8. The van der Waals surface area contributed by atoms with Crippen molar-refractivity contribution in [1.29, 1.82) is 0 Å². The van der Waals surface area contributed by atoms with Crippen LogP contribution in [0.5, 0.6) is 0 Å². The van der Waals surface area contributed by atoms with Crippen molar-refractivity contribution in [2.75, 3.05) is 11.9 Å². The lowest BCUT2D eigenvalue weighted by Crippen LogP contribution is -2.54. The van der Waals surface area contributed by atoms with E-state index in [0.717, 1.165) is 11.0 Å². The van der Waals surface area contributed by atoms with Crippen LogP contribution in [0.2, 0.25) is 0 Å². The van der Waals surface area contributed by atoms with Gasteiger partial charge < -0.3 is 5.32 Å². The minimum Gasteiger partial charge on any atom is -0.372 e. The summed E-state index contributed by atoms with van der Waals surface area (Å²) in [7, 11) is 0. The average molecular weight is 329 g/mol. The summed E-state index contributed by atoms with van der Waals surface area (Å²) in [5, 5.41) is 4.71. The van der Waals surface area contributed by atoms with Crippen LogP contribution in [-0.2, 0) is 9.59 Å². The Labute approximate surface area is 136 Å². The molecule has 1 fully saturated rings. The van der Waals surface area contributed by atoms with Crippen LogP contribution < -0.4 is 10.6 Å². The molecule has 1 aromatic rings. The molecule has 0 aliphatic carbocycles. The van der Waals surface area contributed by atoms with Gasteiger partial charge in [0.25, 0.3) is 11.8 Å². The van der Waals surface area contributed by atoms with E-state index in [1.165, 1.54) is 6.07 Å². The SMILES string of the molecule is C#CCNc1cc2c(cc1F)C(=O)N(C1CCC(=O)NC1=O)C2=O. The number of halogens is 1. The molecule has 1 saturated heterocycles. The van der Waals surface area contributed by atoms with Gasteiger partial charge in [-0.05, 0) is 18.6 Å². The van der Waals surface area contributed by atoms with Crippen molar-refractivity contribution in [2.24, 2.45) is 0 Å². The molecule has 2 heterocycles. The van der Waals surface area contributed by atoms with E-state index in [1.54, 1.807) is 0 Å². The molecule has 0 bridgehead atoms. The minimum absolute atomic E-state index is 0.00188. The van der Waals surface area contributed by atoms with Crippen molar-refractivity contribution in [2.45, 2.75) is 18.9 Å². The summed E-state index contributed by atoms with van der Waals surface area (Å²) < 4.78 is 14.0. The highest BCUT2D eigenvalue weighted by Gasteiger charge is 2.45. The third-order valence-electron chi connectivity index (χ3n) is 3.91. The number of terminal acetylenes is 1. The number of benzene rings is 1. The van der Waals surface area contributed by atoms with E-state index >= 15 is 0 Å². The third kappa shape index (κ3) is 2.40. The van der Waals surface area contributed by atoms with Crippen LogP contribution in [0.25, 0.3) is 0 Å². The van der Waals surface area contributed by atoms with Gasteiger partial charge in [0, 0.05) is 6.42 Å². The van der Waals surface area contributed by atoms with Crippen molar-refractivity contribution in [3.05, 3.63) is 29.1 Å². The van der Waals surface area contributed by atoms with Crippen molar-refractivity contribution in [3.63, 3.8) is 0 Å². The number of carbonyl (C=O) groups is 4. The maximum atomic E-state index is 14.0. The summed E-state index contributed by atoms with van der Waals surface area (Å²) in [6.07, 6.45) is 5.16. The van der Waals surface area contributed by atoms with E-state index in [2.05, 4.69) is 16.6 Å². The summed E-state index contributed by atoms with van der Waals surface area (Å²) in [6.45, 7) is 0.0503. The molecule has 2 N–H and O–H groups in total. The zero-order chi connectivity index (χ0) is 17.4. The number of nitrogens with one attached hydrogen (secondary N) is 2. The molecule has 0 spiro atoms. The van der Waals surface area contributed by atoms with E-state index in [-0.39, 0.29) is 36.2 Å². The first-order chi connectivity index (χ1) is 11.4. The second-order valence-corrected chi connectivity index (χ2v) is 5.38. The Morgan fingerprint density at radius 3 is 2.54 bits per heavy atom. The first kappa shape index (κ1) is 15.7. The van der Waals surface area contributed by atoms with Crippen LogP contribution in [0.3, 0.4) is 0 Å². The molecule has 24 heavy (non-hydrogen) atoms. The van der Waals surface area contributed by atoms with Gasteiger partial charge in [0.1, 0.15) is 11.9 Å². The number of fused-ring (bicyclic) bond motifs is 1. The molecule has 1 atom stereocenters. The highest BCUT2D eigenvalue weighted by Crippen LogP contribution is 2.31. The van der Waals surface area contributed by atoms with Crippen molar-refractivity contribution in [1.82, 2.24) is 10.2 Å². The van der Waals surface area contributed by atoms with E-state index in [4.69, 9.17) is 6.42 Å². The molecule has 2 aliphatic rings. The topological polar surface area (TPSA) is 95.6 Å². The first-order valence-corrected chi connectivity index (χ1v) is 7.16. The zero-order valence-corrected chi connectivity index (χ0v) is 12.4. The minimum atomic E-state index is -1.08. The van der Waals surface area contributed by atoms with E-state index in [0.29, 0.717) is 0 Å². The fraction of sp³-hybridized carbons (Fsp3) is 0.250. The van der Waals surface area contributed by atoms with Crippen LogP contribution in [0, 0.1) is 18.2 Å². The first-order valence-electron chi connectivity index (χ1n) is 7.16. The zero-order valence-electron chi connectivity index (χ0n) is 12.4. The monoisotopic (exact) mass is 329 g/mol. The van der Waals surface area contributed by atoms with Gasteiger partial charge in [0.15, 0.2) is 0 Å². The van der Waals surface area contributed by atoms with Gasteiger partial charge >= 0.3 is 0 Å². The van der Waals surface area contributed by atoms with Crippen LogP contribution in [0.15, 0.2) is 12.1 Å². The molecular formula is C16H12FN3O4. The molecule has 0 aromatic heterocycles. The van der Waals surface area contributed by atoms with Gasteiger partial charge in [-0.2, -0.15) is 0 Å². The molecule has 8 heteroatoms. The average Bonchev–Trinajstić information content (AvgIpc) is 2.77. The van der Waals surface area contributed by atoms with Crippen LogP contribution >= 0.6 is 0 Å². The van der Waals surface area contributed by atoms with Gasteiger partial charge in [-0.15, -0.1) is 6.42 Å². The highest BCUT2D eigenvalue weighted by molar-refractivity contribution is 6.23. The number of hydrogen-bond acceptors (Lipinski definition) is 5. The number of hydrogen-bond donors (Lipinski definition) is 2. The number of rotatable bonds is 3. The van der Waals surface area contributed by atoms with E-state index < -0.39 is 35.5 Å². The van der Waals surface area contributed by atoms with Gasteiger partial charge in [-0.1, -0.05) is 5.92 Å². The number of anilines is 1. The molecule has 1 aromatic carbocycles. The Morgan fingerprint density at radius 1 is 1.25 bits per heavy atom. The predicted molar refractivity (Wildman–Crippen MR) is 80.4 cm³/mol. The summed E-state index contributed by atoms with van der Waals surface area (Å²) in [5.74, 6) is -1.08. The smallest absolute Gasteiger partial charge is 0.262 e. The summed E-state index contributed by atoms with van der Waals surface area (Å²) in [6, 6.07) is 1.06. The maximum Gasteiger partial charge on any atom is 0.262 e. The summed E-state index contributed by atoms with van der Waals surface area (Å²) >= 11 is 0. The van der Waals surface area contributed by atoms with Crippen LogP contribution in [0.1, 0.15) is 33.6 Å². The van der Waals surface area contributed by atoms with E-state index in [1.807, 2.05) is 0 Å². The molecule has 122 valence electrons. The van der Waals surface area contributed by atoms with Crippen molar-refractivity contribution in [3.8, 4) is 12.3 Å². The van der Waals surface area contributed by atoms with Crippen LogP contribution in [0.4, 0.5) is 10.1 Å². The molecule has 4 amide bonds. The number of nitrogens with zero attached hydrogens (tertiary/aromatic N) is 1. The molecule has 1 unspecified atom stereocenters. The lowest BCUT2D eigenvalue weighted by molar-refractivity contribution is -0.136. The predicted octanol–water partition coefficient (Wildman–Crippen LogP) is 0.272. The Kier molecular flexibility index (Phi) is 3.77. The molecule has 0 saturated carbocycles. The molecule has 2 aliphatic heterocycles. The van der Waals surface area contributed by atoms with Gasteiger partial charge in [-0.25, -0.2) is 4.39 Å². The van der Waals surface area contributed by atoms with Crippen molar-refractivity contribution >= 4 is 29.3 Å². The van der Waals surface area contributed by atoms with Crippen LogP contribution in [-0.4, -0.2) is 41.1 Å².